The molecule has 3 aliphatic heterocycles. The molecular formula is C92H157N7O. The fraction of sp³-hybridized carbons (Fsp3) is 0.587. The molecule has 0 atom stereocenters. The molecule has 0 unspecified atom stereocenters. The number of benzene rings is 6. The van der Waals surface area contributed by atoms with Gasteiger partial charge in [0.05, 0.1) is 13.2 Å². The van der Waals surface area contributed by atoms with Crippen LogP contribution in [0.5, 0.6) is 0 Å². The van der Waals surface area contributed by atoms with Crippen molar-refractivity contribution >= 4 is 0 Å². The van der Waals surface area contributed by atoms with Crippen molar-refractivity contribution in [2.75, 3.05) is 100 Å². The van der Waals surface area contributed by atoms with Crippen molar-refractivity contribution in [3.63, 3.8) is 0 Å². The third-order valence-electron chi connectivity index (χ3n) is 18.0. The van der Waals surface area contributed by atoms with Crippen molar-refractivity contribution in [1.82, 2.24) is 35.1 Å². The Hall–Kier alpha value is -5.26. The summed E-state index contributed by atoms with van der Waals surface area (Å²) in [6, 6.07) is 53.3. The zero-order chi connectivity index (χ0) is 70.6. The number of ether oxygens (including phenoxy) is 1. The average Bonchev–Trinajstić information content (AvgIpc) is 0.856. The lowest BCUT2D eigenvalue weighted by atomic mass is 9.83. The molecule has 566 valence electrons. The van der Waals surface area contributed by atoms with E-state index in [-0.39, 0.29) is 69.6 Å². The average molecular weight is 1380 g/mol. The van der Waals surface area contributed by atoms with Gasteiger partial charge >= 0.3 is 0 Å². The SMILES string of the molecule is C.C.C.C.C.C=C1CCCN(Cc2cccc(C(C)(C)C)c2)C1.CC(C)(C)c1ccccc1CN1CCOCC1.CCCN(C)Cc1cccc(C(C)(C)C)c1.CN1CCN(Cc2ccc(C(C)(C)C)cc2)CC1.CNCc1cccc(C(C)(C)C)c1.CNCc1ccccc1C(C)(C)C. The molecular weight excluding hydrogens is 1220 g/mol. The van der Waals surface area contributed by atoms with Gasteiger partial charge in [0.25, 0.3) is 0 Å². The normalized spacial score (nSPS) is 14.8. The highest BCUT2D eigenvalue weighted by molar-refractivity contribution is 5.35. The van der Waals surface area contributed by atoms with Gasteiger partial charge in [0.1, 0.15) is 0 Å². The Morgan fingerprint density at radius 3 is 1.30 bits per heavy atom. The second kappa shape index (κ2) is 46.5. The van der Waals surface area contributed by atoms with Crippen molar-refractivity contribution in [3.05, 3.63) is 225 Å². The van der Waals surface area contributed by atoms with E-state index in [9.17, 15) is 0 Å². The summed E-state index contributed by atoms with van der Waals surface area (Å²) in [6.07, 6.45) is 3.69. The van der Waals surface area contributed by atoms with Gasteiger partial charge in [-0.25, -0.2) is 0 Å². The highest BCUT2D eigenvalue weighted by atomic mass is 16.5. The van der Waals surface area contributed by atoms with Crippen molar-refractivity contribution in [2.45, 2.75) is 260 Å². The van der Waals surface area contributed by atoms with E-state index < -0.39 is 0 Å². The molecule has 100 heavy (non-hydrogen) atoms. The molecule has 0 aliphatic carbocycles. The highest BCUT2D eigenvalue weighted by Crippen LogP contribution is 2.30. The van der Waals surface area contributed by atoms with Gasteiger partial charge < -0.3 is 25.2 Å². The maximum absolute atomic E-state index is 5.39. The maximum Gasteiger partial charge on any atom is 0.0594 e. The van der Waals surface area contributed by atoms with E-state index in [2.05, 4.69) is 333 Å². The molecule has 3 aliphatic rings. The lowest BCUT2D eigenvalue weighted by Crippen LogP contribution is -2.43. The first-order valence-corrected chi connectivity index (χ1v) is 36.1. The Kier molecular flexibility index (Phi) is 45.0. The largest absolute Gasteiger partial charge is 0.379 e. The van der Waals surface area contributed by atoms with Crippen molar-refractivity contribution in [3.8, 4) is 0 Å². The van der Waals surface area contributed by atoms with Crippen LogP contribution in [-0.4, -0.2) is 125 Å². The number of likely N-dealkylation sites (N-methyl/N-ethyl adjacent to an activating group) is 1. The Labute approximate surface area is 621 Å². The topological polar surface area (TPSA) is 49.5 Å². The van der Waals surface area contributed by atoms with Crippen LogP contribution in [0, 0.1) is 0 Å². The van der Waals surface area contributed by atoms with Gasteiger partial charge in [-0.2, -0.15) is 0 Å². The van der Waals surface area contributed by atoms with Crippen LogP contribution in [0.4, 0.5) is 0 Å². The predicted molar refractivity (Wildman–Crippen MR) is 449 cm³/mol. The molecule has 6 aromatic rings. The molecule has 8 heteroatoms. The summed E-state index contributed by atoms with van der Waals surface area (Å²) in [4.78, 5) is 12.3. The predicted octanol–water partition coefficient (Wildman–Crippen LogP) is 22.1. The minimum absolute atomic E-state index is 0. The summed E-state index contributed by atoms with van der Waals surface area (Å²) in [5, 5.41) is 6.36. The van der Waals surface area contributed by atoms with E-state index in [1.165, 1.54) is 131 Å². The Morgan fingerprint density at radius 2 is 0.840 bits per heavy atom. The standard InChI is InChI=1S/C17H25N.C16H26N2.C15H23NO.C15H25N.2C12H19N.5CH4/c1-14-7-6-10-18(12-14)13-15-8-5-9-16(11-15)17(2,3)4;1-16(2,3)15-7-5-14(6-8-15)13-18-11-9-17(4)10-12-18;1-15(2,3)14-7-5-4-6-13(14)12-16-8-10-17-11-9-16;1-6-10-16(5)12-13-8-7-9-14(11-13)15(2,3)4;1-12(2,3)11-7-5-6-10(8-11)9-13-4;1-12(2,3)11-8-6-5-7-10(11)9-13-4;;;;;/h5,8-9,11H,1,6-7,10,12-13H2,2-4H3;5-8H,9-13H2,1-4H3;4-7H,8-12H2,1-3H3;7-9,11H,6,10,12H2,1-5H3;2*5-8,13H,9H2,1-4H3;5*1H4. The number of rotatable bonds is 14. The van der Waals surface area contributed by atoms with E-state index >= 15 is 0 Å². The highest BCUT2D eigenvalue weighted by Gasteiger charge is 2.22. The summed E-state index contributed by atoms with van der Waals surface area (Å²) < 4.78 is 5.39. The minimum atomic E-state index is 0. The molecule has 0 amide bonds. The van der Waals surface area contributed by atoms with Crippen LogP contribution in [0.1, 0.15) is 255 Å². The monoisotopic (exact) mass is 1380 g/mol. The van der Waals surface area contributed by atoms with Crippen molar-refractivity contribution in [1.29, 1.82) is 0 Å². The molecule has 0 spiro atoms. The lowest BCUT2D eigenvalue weighted by molar-refractivity contribution is 0.0340. The Morgan fingerprint density at radius 1 is 0.420 bits per heavy atom. The van der Waals surface area contributed by atoms with Crippen LogP contribution in [0.25, 0.3) is 0 Å². The van der Waals surface area contributed by atoms with Crippen LogP contribution in [0.2, 0.25) is 0 Å². The number of nitrogens with one attached hydrogen (secondary N) is 2. The summed E-state index contributed by atoms with van der Waals surface area (Å²) in [6.45, 7) is 65.3. The van der Waals surface area contributed by atoms with Crippen molar-refractivity contribution in [2.24, 2.45) is 0 Å². The van der Waals surface area contributed by atoms with Gasteiger partial charge in [-0.1, -0.05) is 326 Å². The summed E-state index contributed by atoms with van der Waals surface area (Å²) >= 11 is 0. The zero-order valence-electron chi connectivity index (χ0n) is 64.8. The van der Waals surface area contributed by atoms with E-state index in [1.807, 2.05) is 14.1 Å². The fourth-order valence-electron chi connectivity index (χ4n) is 12.2. The molecule has 2 N–H and O–H groups in total. The second-order valence-corrected chi connectivity index (χ2v) is 33.4. The number of piperazine rings is 1. The van der Waals surface area contributed by atoms with Crippen LogP contribution in [0.3, 0.4) is 0 Å². The Bertz CT molecular complexity index is 3100. The number of likely N-dealkylation sites (tertiary alicyclic amines) is 1. The first-order chi connectivity index (χ1) is 44.5. The van der Waals surface area contributed by atoms with E-state index in [4.69, 9.17) is 4.74 Å². The van der Waals surface area contributed by atoms with Gasteiger partial charge in [-0.15, -0.1) is 0 Å². The minimum Gasteiger partial charge on any atom is -0.379 e. The lowest BCUT2D eigenvalue weighted by Gasteiger charge is -2.32. The number of hydrogen-bond donors (Lipinski definition) is 2. The first-order valence-electron chi connectivity index (χ1n) is 36.1. The number of nitrogens with zero attached hydrogens (tertiary/aromatic N) is 5. The third kappa shape index (κ3) is 36.7. The summed E-state index contributed by atoms with van der Waals surface area (Å²) in [5.74, 6) is 0. The molecule has 9 rings (SSSR count). The maximum atomic E-state index is 5.39. The van der Waals surface area contributed by atoms with Gasteiger partial charge in [0.15, 0.2) is 0 Å². The Balaban J connectivity index is 0. The molecule has 0 radical (unpaired) electrons. The van der Waals surface area contributed by atoms with Gasteiger partial charge in [-0.3, -0.25) is 14.7 Å². The fourth-order valence-corrected chi connectivity index (χ4v) is 12.2. The van der Waals surface area contributed by atoms with Crippen LogP contribution < -0.4 is 10.6 Å². The van der Waals surface area contributed by atoms with Crippen molar-refractivity contribution < 1.29 is 4.74 Å². The van der Waals surface area contributed by atoms with E-state index in [0.29, 0.717) is 0 Å². The van der Waals surface area contributed by atoms with E-state index in [0.717, 1.165) is 72.1 Å². The molecule has 0 aromatic heterocycles. The second-order valence-electron chi connectivity index (χ2n) is 33.4. The molecule has 6 aromatic carbocycles. The number of morpholine rings is 1. The van der Waals surface area contributed by atoms with Crippen LogP contribution >= 0.6 is 0 Å². The number of piperidine rings is 1. The summed E-state index contributed by atoms with van der Waals surface area (Å²) in [5.41, 5.74) is 19.9. The molecule has 3 heterocycles. The molecule has 3 saturated heterocycles. The molecule has 8 nitrogen and oxygen atoms in total. The smallest absolute Gasteiger partial charge is 0.0594 e. The van der Waals surface area contributed by atoms with Crippen LogP contribution in [-0.2, 0) is 76.5 Å². The molecule has 0 bridgehead atoms. The van der Waals surface area contributed by atoms with Gasteiger partial charge in [0.2, 0.25) is 0 Å². The summed E-state index contributed by atoms with van der Waals surface area (Å²) in [7, 11) is 8.35. The zero-order valence-corrected chi connectivity index (χ0v) is 64.8. The quantitative estimate of drug-likeness (QED) is 0.105. The first kappa shape index (κ1) is 96.8. The number of hydrogen-bond acceptors (Lipinski definition) is 8. The molecule has 0 saturated carbocycles. The van der Waals surface area contributed by atoms with Gasteiger partial charge in [-0.05, 0) is 160 Å². The third-order valence-corrected chi connectivity index (χ3v) is 18.0. The van der Waals surface area contributed by atoms with Crippen LogP contribution in [0.15, 0.2) is 158 Å². The van der Waals surface area contributed by atoms with Gasteiger partial charge in [0, 0.05) is 85.1 Å². The van der Waals surface area contributed by atoms with E-state index in [1.54, 1.807) is 0 Å². The molecule has 3 fully saturated rings.